The molecule has 3 aromatic rings. The van der Waals surface area contributed by atoms with Gasteiger partial charge in [-0.2, -0.15) is 5.10 Å². The van der Waals surface area contributed by atoms with E-state index in [4.69, 9.17) is 0 Å². The summed E-state index contributed by atoms with van der Waals surface area (Å²) in [5.41, 5.74) is 1.86. The van der Waals surface area contributed by atoms with Gasteiger partial charge in [-0.05, 0) is 50.7 Å². The summed E-state index contributed by atoms with van der Waals surface area (Å²) >= 11 is 1.45. The Morgan fingerprint density at radius 3 is 2.61 bits per heavy atom. The van der Waals surface area contributed by atoms with E-state index in [0.29, 0.717) is 24.0 Å². The molecular formula is C21H27FN4OS. The molecule has 28 heavy (non-hydrogen) atoms. The Bertz CT molecular complexity index is 943. The molecule has 0 bridgehead atoms. The number of likely N-dealkylation sites (N-methyl/N-ethyl adjacent to an activating group) is 1. The number of carbonyl (C=O) groups is 1. The molecule has 1 aromatic carbocycles. The lowest BCUT2D eigenvalue weighted by molar-refractivity contribution is 0.0942. The first-order chi connectivity index (χ1) is 13.4. The standard InChI is InChI=1S/C21H27FN4OS/c1-5-25(6-2)14(3)12-23-20(27)19-11-18-15(4)24-26(21(18)28-19)13-16-7-9-17(22)10-8-16/h7-11,14H,5-6,12-13H2,1-4H3,(H,23,27). The van der Waals surface area contributed by atoms with Gasteiger partial charge in [-0.1, -0.05) is 26.0 Å². The highest BCUT2D eigenvalue weighted by atomic mass is 32.1. The van der Waals surface area contributed by atoms with E-state index in [2.05, 4.69) is 36.1 Å². The van der Waals surface area contributed by atoms with Crippen molar-refractivity contribution in [3.63, 3.8) is 0 Å². The van der Waals surface area contributed by atoms with Crippen LogP contribution in [0.1, 0.15) is 41.7 Å². The minimum Gasteiger partial charge on any atom is -0.350 e. The highest BCUT2D eigenvalue weighted by Crippen LogP contribution is 2.29. The van der Waals surface area contributed by atoms with Crippen LogP contribution in [0.15, 0.2) is 30.3 Å². The molecule has 0 saturated carbocycles. The molecule has 0 saturated heterocycles. The number of nitrogens with zero attached hydrogens (tertiary/aromatic N) is 3. The summed E-state index contributed by atoms with van der Waals surface area (Å²) in [4.78, 5) is 16.6. The van der Waals surface area contributed by atoms with Crippen LogP contribution in [-0.2, 0) is 6.54 Å². The molecule has 2 aromatic heterocycles. The van der Waals surface area contributed by atoms with E-state index >= 15 is 0 Å². The molecule has 0 spiro atoms. The first-order valence-electron chi connectivity index (χ1n) is 9.66. The van der Waals surface area contributed by atoms with E-state index in [1.165, 1.54) is 23.5 Å². The Morgan fingerprint density at radius 2 is 1.96 bits per heavy atom. The van der Waals surface area contributed by atoms with E-state index in [0.717, 1.165) is 34.6 Å². The number of nitrogens with one attached hydrogen (secondary N) is 1. The second-order valence-electron chi connectivity index (χ2n) is 6.98. The molecule has 1 unspecified atom stereocenters. The van der Waals surface area contributed by atoms with Crippen LogP contribution in [0, 0.1) is 12.7 Å². The Balaban J connectivity index is 1.74. The average molecular weight is 403 g/mol. The van der Waals surface area contributed by atoms with Gasteiger partial charge in [0, 0.05) is 18.0 Å². The summed E-state index contributed by atoms with van der Waals surface area (Å²) in [5, 5.41) is 8.63. The fourth-order valence-corrected chi connectivity index (χ4v) is 4.48. The topological polar surface area (TPSA) is 50.2 Å². The molecule has 1 atom stereocenters. The van der Waals surface area contributed by atoms with Crippen molar-refractivity contribution in [3.8, 4) is 0 Å². The molecule has 0 aliphatic carbocycles. The first kappa shape index (κ1) is 20.5. The first-order valence-corrected chi connectivity index (χ1v) is 10.5. The number of rotatable bonds is 8. The predicted octanol–water partition coefficient (Wildman–Crippen LogP) is 4.05. The molecule has 0 aliphatic heterocycles. The maximum atomic E-state index is 13.1. The number of benzene rings is 1. The predicted molar refractivity (Wildman–Crippen MR) is 113 cm³/mol. The fourth-order valence-electron chi connectivity index (χ4n) is 3.40. The zero-order valence-electron chi connectivity index (χ0n) is 16.8. The van der Waals surface area contributed by atoms with E-state index in [1.807, 2.05) is 17.7 Å². The molecule has 1 amide bonds. The number of hydrogen-bond acceptors (Lipinski definition) is 4. The number of halogens is 1. The molecule has 7 heteroatoms. The molecule has 3 rings (SSSR count). The lowest BCUT2D eigenvalue weighted by Crippen LogP contribution is -2.41. The summed E-state index contributed by atoms with van der Waals surface area (Å²) < 4.78 is 15.0. The third-order valence-electron chi connectivity index (χ3n) is 5.07. The van der Waals surface area contributed by atoms with Crippen molar-refractivity contribution in [3.05, 3.63) is 52.3 Å². The minimum absolute atomic E-state index is 0.0482. The molecule has 0 aliphatic rings. The van der Waals surface area contributed by atoms with Gasteiger partial charge in [0.15, 0.2) is 0 Å². The van der Waals surface area contributed by atoms with Gasteiger partial charge in [-0.25, -0.2) is 4.39 Å². The van der Waals surface area contributed by atoms with Gasteiger partial charge in [0.2, 0.25) is 0 Å². The molecule has 0 fully saturated rings. The van der Waals surface area contributed by atoms with Gasteiger partial charge in [0.05, 0.1) is 17.1 Å². The molecular weight excluding hydrogens is 375 g/mol. The van der Waals surface area contributed by atoms with Crippen molar-refractivity contribution in [1.29, 1.82) is 0 Å². The van der Waals surface area contributed by atoms with Gasteiger partial charge < -0.3 is 5.32 Å². The summed E-state index contributed by atoms with van der Waals surface area (Å²) in [6, 6.07) is 8.63. The van der Waals surface area contributed by atoms with Crippen LogP contribution in [0.3, 0.4) is 0 Å². The highest BCUT2D eigenvalue weighted by molar-refractivity contribution is 7.20. The van der Waals surface area contributed by atoms with E-state index < -0.39 is 0 Å². The number of fused-ring (bicyclic) bond motifs is 1. The number of carbonyl (C=O) groups excluding carboxylic acids is 1. The van der Waals surface area contributed by atoms with Gasteiger partial charge in [-0.15, -0.1) is 11.3 Å². The van der Waals surface area contributed by atoms with Gasteiger partial charge in [-0.3, -0.25) is 14.4 Å². The number of thiophene rings is 1. The minimum atomic E-state index is -0.250. The van der Waals surface area contributed by atoms with Gasteiger partial charge >= 0.3 is 0 Å². The lowest BCUT2D eigenvalue weighted by atomic mass is 10.2. The normalized spacial score (nSPS) is 12.6. The third-order valence-corrected chi connectivity index (χ3v) is 6.22. The van der Waals surface area contributed by atoms with Crippen LogP contribution in [0.2, 0.25) is 0 Å². The Kier molecular flexibility index (Phi) is 6.46. The summed E-state index contributed by atoms with van der Waals surface area (Å²) in [5.74, 6) is -0.299. The number of hydrogen-bond donors (Lipinski definition) is 1. The van der Waals surface area contributed by atoms with Crippen molar-refractivity contribution in [2.24, 2.45) is 0 Å². The number of aromatic nitrogens is 2. The van der Waals surface area contributed by atoms with E-state index in [9.17, 15) is 9.18 Å². The Morgan fingerprint density at radius 1 is 1.29 bits per heavy atom. The molecule has 150 valence electrons. The number of amides is 1. The smallest absolute Gasteiger partial charge is 0.261 e. The van der Waals surface area contributed by atoms with Crippen molar-refractivity contribution >= 4 is 27.5 Å². The largest absolute Gasteiger partial charge is 0.350 e. The van der Waals surface area contributed by atoms with Crippen LogP contribution < -0.4 is 5.32 Å². The third kappa shape index (κ3) is 4.42. The van der Waals surface area contributed by atoms with E-state index in [-0.39, 0.29) is 11.7 Å². The van der Waals surface area contributed by atoms with Gasteiger partial charge in [0.25, 0.3) is 5.91 Å². The monoisotopic (exact) mass is 402 g/mol. The summed E-state index contributed by atoms with van der Waals surface area (Å²) in [6.45, 7) is 11.4. The molecule has 5 nitrogen and oxygen atoms in total. The van der Waals surface area contributed by atoms with Crippen molar-refractivity contribution in [2.45, 2.75) is 40.3 Å². The van der Waals surface area contributed by atoms with Crippen molar-refractivity contribution < 1.29 is 9.18 Å². The lowest BCUT2D eigenvalue weighted by Gasteiger charge is -2.26. The molecule has 0 radical (unpaired) electrons. The number of aryl methyl sites for hydroxylation is 1. The Hall–Kier alpha value is -2.25. The van der Waals surface area contributed by atoms with Crippen LogP contribution >= 0.6 is 11.3 Å². The van der Waals surface area contributed by atoms with Crippen molar-refractivity contribution in [1.82, 2.24) is 20.0 Å². The second-order valence-corrected chi connectivity index (χ2v) is 8.01. The van der Waals surface area contributed by atoms with E-state index in [1.54, 1.807) is 12.1 Å². The maximum Gasteiger partial charge on any atom is 0.261 e. The molecule has 2 heterocycles. The Labute approximate surface area is 169 Å². The average Bonchev–Trinajstić information content (AvgIpc) is 3.24. The molecule has 1 N–H and O–H groups in total. The van der Waals surface area contributed by atoms with Crippen molar-refractivity contribution in [2.75, 3.05) is 19.6 Å². The van der Waals surface area contributed by atoms with Crippen LogP contribution in [-0.4, -0.2) is 46.3 Å². The quantitative estimate of drug-likeness (QED) is 0.618. The second kappa shape index (κ2) is 8.84. The van der Waals surface area contributed by atoms with Crippen LogP contribution in [0.5, 0.6) is 0 Å². The highest BCUT2D eigenvalue weighted by Gasteiger charge is 2.18. The van der Waals surface area contributed by atoms with Gasteiger partial charge in [0.1, 0.15) is 10.6 Å². The zero-order valence-corrected chi connectivity index (χ0v) is 17.6. The van der Waals surface area contributed by atoms with Crippen LogP contribution in [0.4, 0.5) is 4.39 Å². The summed E-state index contributed by atoms with van der Waals surface area (Å²) in [7, 11) is 0. The maximum absolute atomic E-state index is 13.1. The van der Waals surface area contributed by atoms with Crippen LogP contribution in [0.25, 0.3) is 10.2 Å². The SMILES string of the molecule is CCN(CC)C(C)CNC(=O)c1cc2c(C)nn(Cc3ccc(F)cc3)c2s1. The fraction of sp³-hybridized carbons (Fsp3) is 0.429. The summed E-state index contributed by atoms with van der Waals surface area (Å²) in [6.07, 6.45) is 0. The zero-order chi connectivity index (χ0) is 20.3.